The van der Waals surface area contributed by atoms with E-state index in [2.05, 4.69) is 10.1 Å². The Hall–Kier alpha value is -0.570. The predicted octanol–water partition coefficient (Wildman–Crippen LogP) is -0.597. The maximum atomic E-state index is 10.1. The fraction of sp³-hybridized carbons (Fsp3) is 0.941. The molecule has 0 heterocycles. The molecule has 0 fully saturated rings. The molecule has 0 spiro atoms. The van der Waals surface area contributed by atoms with Crippen LogP contribution in [0.5, 0.6) is 0 Å². The SMILES string of the molecule is [C-]#[N+]CCN(CCCN(CCCCN(CCCNB(C)O)B(C)O)B(C)O)B(C)O. The molecule has 0 bridgehead atoms. The summed E-state index contributed by atoms with van der Waals surface area (Å²) in [7, 11) is -2.13. The van der Waals surface area contributed by atoms with Crippen molar-refractivity contribution in [3.8, 4) is 0 Å². The number of unbranched alkanes of at least 4 members (excludes halogenated alkanes) is 1. The van der Waals surface area contributed by atoms with Gasteiger partial charge in [0.05, 0.1) is 6.54 Å². The Morgan fingerprint density at radius 2 is 1.07 bits per heavy atom. The predicted molar refractivity (Wildman–Crippen MR) is 128 cm³/mol. The molecule has 0 rings (SSSR count). The van der Waals surface area contributed by atoms with Crippen molar-refractivity contribution in [3.63, 3.8) is 0 Å². The van der Waals surface area contributed by atoms with E-state index in [4.69, 9.17) is 6.57 Å². The Labute approximate surface area is 185 Å². The second kappa shape index (κ2) is 18.0. The first-order valence-corrected chi connectivity index (χ1v) is 11.2. The molecular weight excluding hydrogens is 381 g/mol. The molecule has 0 unspecified atom stereocenters. The van der Waals surface area contributed by atoms with Gasteiger partial charge in [0.2, 0.25) is 6.54 Å². The molecule has 0 aromatic carbocycles. The average Bonchev–Trinajstić information content (AvgIpc) is 2.66. The summed E-state index contributed by atoms with van der Waals surface area (Å²) in [6.45, 7) is 19.2. The lowest BCUT2D eigenvalue weighted by Crippen LogP contribution is -2.43. The number of hydrogen-bond acceptors (Lipinski definition) is 8. The van der Waals surface area contributed by atoms with Crippen LogP contribution in [0.15, 0.2) is 0 Å². The van der Waals surface area contributed by atoms with E-state index in [1.807, 2.05) is 14.4 Å². The van der Waals surface area contributed by atoms with Crippen molar-refractivity contribution in [2.24, 2.45) is 0 Å². The highest BCUT2D eigenvalue weighted by Gasteiger charge is 2.20. The number of nitrogens with zero attached hydrogens (tertiary/aromatic N) is 4. The first-order chi connectivity index (χ1) is 14.2. The highest BCUT2D eigenvalue weighted by Crippen LogP contribution is 2.04. The molecule has 170 valence electrons. The van der Waals surface area contributed by atoms with Gasteiger partial charge in [-0.05, 0) is 92.2 Å². The van der Waals surface area contributed by atoms with E-state index in [0.717, 1.165) is 51.9 Å². The normalized spacial score (nSPS) is 11.3. The summed E-state index contributed by atoms with van der Waals surface area (Å²) in [6, 6.07) is 0. The molecule has 13 heteroatoms. The lowest BCUT2D eigenvalue weighted by molar-refractivity contribution is 0.308. The van der Waals surface area contributed by atoms with E-state index in [-0.39, 0.29) is 0 Å². The summed E-state index contributed by atoms with van der Waals surface area (Å²) < 4.78 is 0. The van der Waals surface area contributed by atoms with E-state index >= 15 is 0 Å². The van der Waals surface area contributed by atoms with Crippen LogP contribution < -0.4 is 5.23 Å². The lowest BCUT2D eigenvalue weighted by Gasteiger charge is -2.27. The van der Waals surface area contributed by atoms with Gasteiger partial charge in [-0.2, -0.15) is 0 Å². The highest BCUT2D eigenvalue weighted by molar-refractivity contribution is 6.46. The van der Waals surface area contributed by atoms with Crippen LogP contribution in [0.4, 0.5) is 0 Å². The van der Waals surface area contributed by atoms with E-state index in [1.165, 1.54) is 0 Å². The molecule has 0 saturated heterocycles. The largest absolute Gasteiger partial charge is 0.437 e. The third kappa shape index (κ3) is 15.3. The molecule has 9 nitrogen and oxygen atoms in total. The van der Waals surface area contributed by atoms with Gasteiger partial charge >= 0.3 is 28.2 Å². The average molecular weight is 423 g/mol. The van der Waals surface area contributed by atoms with Crippen LogP contribution in [0.2, 0.25) is 27.3 Å². The van der Waals surface area contributed by atoms with Crippen LogP contribution in [0.1, 0.15) is 25.7 Å². The third-order valence-electron chi connectivity index (χ3n) is 5.18. The Morgan fingerprint density at radius 1 is 0.667 bits per heavy atom. The molecule has 30 heavy (non-hydrogen) atoms. The summed E-state index contributed by atoms with van der Waals surface area (Å²) in [5.74, 6) is 0. The van der Waals surface area contributed by atoms with Gasteiger partial charge in [-0.15, -0.1) is 0 Å². The van der Waals surface area contributed by atoms with Crippen molar-refractivity contribution < 1.29 is 20.1 Å². The Morgan fingerprint density at radius 3 is 1.47 bits per heavy atom. The van der Waals surface area contributed by atoms with Crippen molar-refractivity contribution >= 4 is 28.2 Å². The van der Waals surface area contributed by atoms with Gasteiger partial charge in [0.1, 0.15) is 0 Å². The van der Waals surface area contributed by atoms with E-state index in [0.29, 0.717) is 26.2 Å². The molecular formula is C17H41B4N5O4. The molecule has 0 atom stereocenters. The molecule has 0 saturated carbocycles. The topological polar surface area (TPSA) is 107 Å². The van der Waals surface area contributed by atoms with E-state index < -0.39 is 28.2 Å². The highest BCUT2D eigenvalue weighted by atomic mass is 16.2. The van der Waals surface area contributed by atoms with Crippen LogP contribution >= 0.6 is 0 Å². The summed E-state index contributed by atoms with van der Waals surface area (Å²) in [4.78, 5) is 9.27. The lowest BCUT2D eigenvalue weighted by atomic mass is 9.83. The Kier molecular flexibility index (Phi) is 17.7. The minimum absolute atomic E-state index is 0.375. The van der Waals surface area contributed by atoms with Gasteiger partial charge in [0, 0.05) is 0 Å². The van der Waals surface area contributed by atoms with Crippen molar-refractivity contribution in [3.05, 3.63) is 11.4 Å². The molecule has 0 aliphatic carbocycles. The maximum absolute atomic E-state index is 10.1. The van der Waals surface area contributed by atoms with Crippen molar-refractivity contribution in [2.45, 2.75) is 53.0 Å². The van der Waals surface area contributed by atoms with E-state index in [1.54, 1.807) is 27.3 Å². The number of hydrogen-bond donors (Lipinski definition) is 5. The molecule has 0 amide bonds. The van der Waals surface area contributed by atoms with Gasteiger partial charge in [0.25, 0.3) is 0 Å². The number of rotatable bonds is 19. The zero-order chi connectivity index (χ0) is 22.9. The van der Waals surface area contributed by atoms with Crippen LogP contribution in [0.3, 0.4) is 0 Å². The third-order valence-corrected chi connectivity index (χ3v) is 5.18. The molecule has 0 aromatic heterocycles. The zero-order valence-electron chi connectivity index (χ0n) is 19.4. The summed E-state index contributed by atoms with van der Waals surface area (Å²) in [5, 5.41) is 42.0. The molecule has 0 aromatic rings. The molecule has 5 N–H and O–H groups in total. The summed E-state index contributed by atoms with van der Waals surface area (Å²) >= 11 is 0. The van der Waals surface area contributed by atoms with Crippen molar-refractivity contribution in [1.82, 2.24) is 19.7 Å². The van der Waals surface area contributed by atoms with Crippen LogP contribution in [0, 0.1) is 6.57 Å². The van der Waals surface area contributed by atoms with Crippen LogP contribution in [-0.2, 0) is 0 Å². The van der Waals surface area contributed by atoms with Gasteiger partial charge in [-0.1, -0.05) is 0 Å². The van der Waals surface area contributed by atoms with Gasteiger partial charge in [0.15, 0.2) is 0 Å². The first-order valence-electron chi connectivity index (χ1n) is 11.2. The molecule has 0 aliphatic rings. The summed E-state index contributed by atoms with van der Waals surface area (Å²) in [5.41, 5.74) is 0. The molecule has 0 aliphatic heterocycles. The molecule has 0 radical (unpaired) electrons. The van der Waals surface area contributed by atoms with Crippen LogP contribution in [-0.4, -0.2) is 115 Å². The number of nitrogens with one attached hydrogen (secondary N) is 1. The summed E-state index contributed by atoms with van der Waals surface area (Å²) in [6.07, 6.45) is 3.49. The quantitative estimate of drug-likeness (QED) is 0.107. The minimum atomic E-state index is -0.575. The standard InChI is InChI=1S/C17H41B4N5O4/c1-18(27)23-10-8-14-24(19(2)28)12-6-7-13-25(20(3)29)15-9-16-26(21(4)30)17-11-22-5/h23,27-30H,6-17H2,1-4H3. The van der Waals surface area contributed by atoms with Crippen molar-refractivity contribution in [1.29, 1.82) is 0 Å². The van der Waals surface area contributed by atoms with Crippen molar-refractivity contribution in [2.75, 3.05) is 52.4 Å². The van der Waals surface area contributed by atoms with Crippen LogP contribution in [0.25, 0.3) is 4.85 Å². The van der Waals surface area contributed by atoms with Gasteiger partial charge in [-0.3, -0.25) is 0 Å². The second-order valence-electron chi connectivity index (χ2n) is 7.93. The second-order valence-corrected chi connectivity index (χ2v) is 7.93. The minimum Gasteiger partial charge on any atom is -0.437 e. The zero-order valence-corrected chi connectivity index (χ0v) is 19.4. The van der Waals surface area contributed by atoms with Gasteiger partial charge in [-0.25, -0.2) is 6.57 Å². The fourth-order valence-corrected chi connectivity index (χ4v) is 3.33. The first kappa shape index (κ1) is 29.4. The maximum Gasteiger partial charge on any atom is 0.376 e. The Bertz CT molecular complexity index is 458. The smallest absolute Gasteiger partial charge is 0.376 e. The fourth-order valence-electron chi connectivity index (χ4n) is 3.33. The van der Waals surface area contributed by atoms with E-state index in [9.17, 15) is 20.1 Å². The monoisotopic (exact) mass is 423 g/mol. The van der Waals surface area contributed by atoms with Gasteiger partial charge < -0.3 is 44.6 Å². The Balaban J connectivity index is 4.22.